The van der Waals surface area contributed by atoms with Gasteiger partial charge in [-0.05, 0) is 57.9 Å². The van der Waals surface area contributed by atoms with Gasteiger partial charge in [0, 0.05) is 0 Å². The zero-order valence-corrected chi connectivity index (χ0v) is 19.8. The molecule has 0 fully saturated rings. The summed E-state index contributed by atoms with van der Waals surface area (Å²) in [6, 6.07) is 29.3. The fourth-order valence-electron chi connectivity index (χ4n) is 4.12. The first-order valence-corrected chi connectivity index (χ1v) is 11.3. The highest BCUT2D eigenvalue weighted by Crippen LogP contribution is 2.31. The van der Waals surface area contributed by atoms with E-state index in [1.54, 1.807) is 42.5 Å². The third kappa shape index (κ3) is 4.44. The van der Waals surface area contributed by atoms with Crippen LogP contribution in [0.4, 0.5) is 5.69 Å². The van der Waals surface area contributed by atoms with Crippen LogP contribution in [0.25, 0.3) is 21.5 Å². The highest BCUT2D eigenvalue weighted by atomic mass is 16.5. The molecule has 0 aliphatic carbocycles. The molecule has 1 amide bonds. The maximum atomic E-state index is 13.2. The first-order chi connectivity index (χ1) is 17.6. The maximum absolute atomic E-state index is 13.2. The van der Waals surface area contributed by atoms with Crippen molar-refractivity contribution in [2.24, 2.45) is 0 Å². The summed E-state index contributed by atoms with van der Waals surface area (Å²) in [7, 11) is 3.03. The normalized spacial score (nSPS) is 10.7. The molecule has 0 aromatic heterocycles. The fraction of sp³-hybridized carbons (Fsp3) is 0.0667. The molecular weight excluding hydrogens is 454 g/mol. The van der Waals surface area contributed by atoms with Gasteiger partial charge in [0.25, 0.3) is 5.91 Å². The van der Waals surface area contributed by atoms with Crippen molar-refractivity contribution in [1.82, 2.24) is 0 Å². The quantitative estimate of drug-likeness (QED) is 0.224. The van der Waals surface area contributed by atoms with Crippen LogP contribution in [0.3, 0.4) is 0 Å². The second kappa shape index (κ2) is 9.80. The molecule has 0 radical (unpaired) electrons. The molecule has 6 heteroatoms. The number of amides is 1. The van der Waals surface area contributed by atoms with E-state index in [9.17, 15) is 9.59 Å². The Hall–Kier alpha value is -4.84. The van der Waals surface area contributed by atoms with Gasteiger partial charge in [0.2, 0.25) is 0 Å². The Labute approximate surface area is 208 Å². The number of carbonyl (C=O) groups excluding carboxylic acids is 2. The SMILES string of the molecule is COc1cc2ccccc2cc1C(=O)Nc1ccccc1OC(=O)c1cc2ccccc2cc1OC. The van der Waals surface area contributed by atoms with Crippen LogP contribution in [0, 0.1) is 0 Å². The zero-order chi connectivity index (χ0) is 25.1. The summed E-state index contributed by atoms with van der Waals surface area (Å²) < 4.78 is 16.6. The van der Waals surface area contributed by atoms with Crippen molar-refractivity contribution in [3.63, 3.8) is 0 Å². The molecule has 36 heavy (non-hydrogen) atoms. The summed E-state index contributed by atoms with van der Waals surface area (Å²) in [5.41, 5.74) is 1.01. The minimum atomic E-state index is -0.595. The molecule has 5 rings (SSSR count). The molecule has 5 aromatic rings. The minimum absolute atomic E-state index is 0.214. The van der Waals surface area contributed by atoms with E-state index >= 15 is 0 Å². The van der Waals surface area contributed by atoms with Crippen LogP contribution in [0.15, 0.2) is 97.1 Å². The summed E-state index contributed by atoms with van der Waals surface area (Å²) in [5.74, 6) is 0.0838. The van der Waals surface area contributed by atoms with Crippen LogP contribution in [-0.4, -0.2) is 26.1 Å². The highest BCUT2D eigenvalue weighted by Gasteiger charge is 2.20. The summed E-state index contributed by atoms with van der Waals surface area (Å²) in [6.45, 7) is 0. The standard InChI is InChI=1S/C30H23NO5/c1-34-27-17-21-11-5-3-9-19(21)15-23(27)29(32)31-25-13-7-8-14-26(25)36-30(33)24-16-20-10-4-6-12-22(20)18-28(24)35-2/h3-18H,1-2H3,(H,31,32). The zero-order valence-electron chi connectivity index (χ0n) is 19.8. The fourth-order valence-corrected chi connectivity index (χ4v) is 4.12. The van der Waals surface area contributed by atoms with E-state index in [2.05, 4.69) is 5.32 Å². The number of methoxy groups -OCH3 is 2. The number of anilines is 1. The molecule has 0 saturated carbocycles. The number of fused-ring (bicyclic) bond motifs is 2. The van der Waals surface area contributed by atoms with E-state index in [4.69, 9.17) is 14.2 Å². The molecule has 5 aromatic carbocycles. The van der Waals surface area contributed by atoms with Gasteiger partial charge in [-0.1, -0.05) is 60.7 Å². The van der Waals surface area contributed by atoms with E-state index in [-0.39, 0.29) is 17.2 Å². The molecule has 0 atom stereocenters. The first-order valence-electron chi connectivity index (χ1n) is 11.3. The number of ether oxygens (including phenoxy) is 3. The van der Waals surface area contributed by atoms with Crippen molar-refractivity contribution in [3.05, 3.63) is 108 Å². The number of hydrogen-bond acceptors (Lipinski definition) is 5. The number of nitrogens with one attached hydrogen (secondary N) is 1. The smallest absolute Gasteiger partial charge is 0.347 e. The van der Waals surface area contributed by atoms with Crippen LogP contribution in [0.2, 0.25) is 0 Å². The lowest BCUT2D eigenvalue weighted by molar-refractivity contribution is 0.0731. The third-order valence-corrected chi connectivity index (χ3v) is 5.94. The van der Waals surface area contributed by atoms with Crippen molar-refractivity contribution in [3.8, 4) is 17.2 Å². The predicted octanol–water partition coefficient (Wildman–Crippen LogP) is 6.48. The van der Waals surface area contributed by atoms with Crippen molar-refractivity contribution in [2.45, 2.75) is 0 Å². The van der Waals surface area contributed by atoms with Crippen LogP contribution >= 0.6 is 0 Å². The average molecular weight is 478 g/mol. The monoisotopic (exact) mass is 477 g/mol. The van der Waals surface area contributed by atoms with Gasteiger partial charge in [0.15, 0.2) is 5.75 Å². The van der Waals surface area contributed by atoms with E-state index < -0.39 is 5.97 Å². The number of benzene rings is 5. The second-order valence-electron chi connectivity index (χ2n) is 8.14. The van der Waals surface area contributed by atoms with Gasteiger partial charge in [-0.25, -0.2) is 4.79 Å². The first kappa shape index (κ1) is 22.9. The molecule has 0 unspecified atom stereocenters. The molecule has 1 N–H and O–H groups in total. The van der Waals surface area contributed by atoms with Crippen LogP contribution in [0.1, 0.15) is 20.7 Å². The van der Waals surface area contributed by atoms with Gasteiger partial charge in [-0.15, -0.1) is 0 Å². The lowest BCUT2D eigenvalue weighted by Crippen LogP contribution is -2.16. The minimum Gasteiger partial charge on any atom is -0.496 e. The van der Waals surface area contributed by atoms with Gasteiger partial charge in [0.05, 0.1) is 25.5 Å². The molecule has 6 nitrogen and oxygen atoms in total. The topological polar surface area (TPSA) is 73.9 Å². The molecule has 178 valence electrons. The Morgan fingerprint density at radius 2 is 1.06 bits per heavy atom. The molecular formula is C30H23NO5. The number of rotatable bonds is 6. The molecule has 0 spiro atoms. The Morgan fingerprint density at radius 3 is 1.64 bits per heavy atom. The van der Waals surface area contributed by atoms with Gasteiger partial charge in [0.1, 0.15) is 17.1 Å². The Balaban J connectivity index is 1.44. The van der Waals surface area contributed by atoms with Crippen molar-refractivity contribution in [2.75, 3.05) is 19.5 Å². The van der Waals surface area contributed by atoms with E-state index in [1.165, 1.54) is 14.2 Å². The number of para-hydroxylation sites is 2. The summed E-state index contributed by atoms with van der Waals surface area (Å²) in [6.07, 6.45) is 0. The molecule has 0 aliphatic rings. The number of carbonyl (C=O) groups is 2. The van der Waals surface area contributed by atoms with Gasteiger partial charge in [-0.3, -0.25) is 4.79 Å². The molecule has 0 saturated heterocycles. The van der Waals surface area contributed by atoms with Crippen molar-refractivity contribution in [1.29, 1.82) is 0 Å². The van der Waals surface area contributed by atoms with Crippen molar-refractivity contribution < 1.29 is 23.8 Å². The number of esters is 1. The van der Waals surface area contributed by atoms with Crippen LogP contribution < -0.4 is 19.5 Å². The average Bonchev–Trinajstić information content (AvgIpc) is 2.92. The Kier molecular flexibility index (Phi) is 6.24. The second-order valence-corrected chi connectivity index (χ2v) is 8.14. The Morgan fingerprint density at radius 1 is 0.583 bits per heavy atom. The third-order valence-electron chi connectivity index (χ3n) is 5.94. The van der Waals surface area contributed by atoms with Gasteiger partial charge < -0.3 is 19.5 Å². The van der Waals surface area contributed by atoms with E-state index in [1.807, 2.05) is 54.6 Å². The highest BCUT2D eigenvalue weighted by molar-refractivity contribution is 6.09. The lowest BCUT2D eigenvalue weighted by Gasteiger charge is -2.15. The maximum Gasteiger partial charge on any atom is 0.347 e. The van der Waals surface area contributed by atoms with E-state index in [0.717, 1.165) is 21.5 Å². The number of hydrogen-bond donors (Lipinski definition) is 1. The largest absolute Gasteiger partial charge is 0.496 e. The van der Waals surface area contributed by atoms with Gasteiger partial charge in [-0.2, -0.15) is 0 Å². The van der Waals surface area contributed by atoms with E-state index in [0.29, 0.717) is 22.7 Å². The summed E-state index contributed by atoms with van der Waals surface area (Å²) in [4.78, 5) is 26.4. The van der Waals surface area contributed by atoms with Crippen LogP contribution in [0.5, 0.6) is 17.2 Å². The van der Waals surface area contributed by atoms with Gasteiger partial charge >= 0.3 is 5.97 Å². The molecule has 0 heterocycles. The molecule has 0 bridgehead atoms. The predicted molar refractivity (Wildman–Crippen MR) is 140 cm³/mol. The lowest BCUT2D eigenvalue weighted by atomic mass is 10.1. The molecule has 0 aliphatic heterocycles. The van der Waals surface area contributed by atoms with Crippen LogP contribution in [-0.2, 0) is 0 Å². The van der Waals surface area contributed by atoms with Crippen molar-refractivity contribution >= 4 is 39.1 Å². The summed E-state index contributed by atoms with van der Waals surface area (Å²) in [5, 5.41) is 6.56. The summed E-state index contributed by atoms with van der Waals surface area (Å²) >= 11 is 0. The Bertz CT molecular complexity index is 1490.